The second-order valence-corrected chi connectivity index (χ2v) is 12.8. The van der Waals surface area contributed by atoms with Crippen LogP contribution in [0.3, 0.4) is 0 Å². The maximum absolute atomic E-state index is 16.2. The quantitative estimate of drug-likeness (QED) is 0.208. The summed E-state index contributed by atoms with van der Waals surface area (Å²) in [5.41, 5.74) is 7.17. The SMILES string of the molecule is COc1cc(N2CCN(C(=O)OC(C)(C)C)CC2)c(F)cc1C1=C(c2ccccc2)CCc2cc(OCc3ccccc3)ccc21. The van der Waals surface area contributed by atoms with Gasteiger partial charge in [0.25, 0.3) is 0 Å². The van der Waals surface area contributed by atoms with Crippen molar-refractivity contribution < 1.29 is 23.4 Å². The number of piperazine rings is 1. The van der Waals surface area contributed by atoms with E-state index in [4.69, 9.17) is 14.2 Å². The molecule has 0 aromatic heterocycles. The zero-order chi connectivity index (χ0) is 32.3. The van der Waals surface area contributed by atoms with E-state index in [0.717, 1.165) is 52.0 Å². The fraction of sp³-hybridized carbons (Fsp3) is 0.308. The lowest BCUT2D eigenvalue weighted by Gasteiger charge is -2.37. The molecule has 0 N–H and O–H groups in total. The van der Waals surface area contributed by atoms with E-state index in [1.807, 2.05) is 68.1 Å². The number of methoxy groups -OCH3 is 1. The maximum atomic E-state index is 16.2. The molecular weight excluding hydrogens is 579 g/mol. The first-order valence-electron chi connectivity index (χ1n) is 15.9. The van der Waals surface area contributed by atoms with Crippen LogP contribution in [0.25, 0.3) is 11.1 Å². The van der Waals surface area contributed by atoms with Crippen molar-refractivity contribution in [1.82, 2.24) is 4.90 Å². The first kappa shape index (κ1) is 31.2. The molecule has 238 valence electrons. The van der Waals surface area contributed by atoms with Crippen molar-refractivity contribution in [1.29, 1.82) is 0 Å². The Morgan fingerprint density at radius 1 is 0.826 bits per heavy atom. The molecule has 4 aromatic carbocycles. The van der Waals surface area contributed by atoms with Gasteiger partial charge in [-0.1, -0.05) is 66.7 Å². The van der Waals surface area contributed by atoms with Crippen molar-refractivity contribution in [3.63, 3.8) is 0 Å². The Kier molecular flexibility index (Phi) is 9.02. The van der Waals surface area contributed by atoms with Gasteiger partial charge in [0.15, 0.2) is 0 Å². The number of allylic oxidation sites excluding steroid dienone is 1. The van der Waals surface area contributed by atoms with Crippen molar-refractivity contribution in [3.8, 4) is 11.5 Å². The number of anilines is 1. The number of benzene rings is 4. The van der Waals surface area contributed by atoms with E-state index in [9.17, 15) is 4.79 Å². The van der Waals surface area contributed by atoms with Gasteiger partial charge in [-0.15, -0.1) is 0 Å². The van der Waals surface area contributed by atoms with Gasteiger partial charge in [0.1, 0.15) is 29.5 Å². The van der Waals surface area contributed by atoms with E-state index in [1.54, 1.807) is 24.1 Å². The van der Waals surface area contributed by atoms with Crippen LogP contribution in [-0.4, -0.2) is 49.9 Å². The Bertz CT molecular complexity index is 1720. The van der Waals surface area contributed by atoms with Gasteiger partial charge in [-0.3, -0.25) is 0 Å². The van der Waals surface area contributed by atoms with Gasteiger partial charge >= 0.3 is 6.09 Å². The largest absolute Gasteiger partial charge is 0.496 e. The minimum Gasteiger partial charge on any atom is -0.496 e. The number of carbonyl (C=O) groups excluding carboxylic acids is 1. The molecule has 7 heteroatoms. The summed E-state index contributed by atoms with van der Waals surface area (Å²) in [7, 11) is 1.63. The molecule has 0 bridgehead atoms. The molecule has 4 aromatic rings. The Hall–Kier alpha value is -4.78. The van der Waals surface area contributed by atoms with Crippen LogP contribution < -0.4 is 14.4 Å². The Balaban J connectivity index is 1.33. The molecule has 2 aliphatic rings. The van der Waals surface area contributed by atoms with E-state index in [0.29, 0.717) is 49.8 Å². The molecule has 6 nitrogen and oxygen atoms in total. The third kappa shape index (κ3) is 6.89. The summed E-state index contributed by atoms with van der Waals surface area (Å²) in [6, 6.07) is 30.0. The second-order valence-electron chi connectivity index (χ2n) is 12.8. The number of nitrogens with zero attached hydrogens (tertiary/aromatic N) is 2. The zero-order valence-corrected chi connectivity index (χ0v) is 27.0. The fourth-order valence-corrected chi connectivity index (χ4v) is 6.24. The number of ether oxygens (including phenoxy) is 3. The smallest absolute Gasteiger partial charge is 0.410 e. The molecule has 1 fully saturated rings. The number of rotatable bonds is 7. The average molecular weight is 621 g/mol. The number of aryl methyl sites for hydroxylation is 1. The summed E-state index contributed by atoms with van der Waals surface area (Å²) in [6.45, 7) is 7.93. The fourth-order valence-electron chi connectivity index (χ4n) is 6.24. The van der Waals surface area contributed by atoms with Crippen LogP contribution in [0, 0.1) is 5.82 Å². The molecule has 0 spiro atoms. The van der Waals surface area contributed by atoms with Crippen molar-refractivity contribution in [2.24, 2.45) is 0 Å². The van der Waals surface area contributed by atoms with Crippen LogP contribution in [-0.2, 0) is 17.8 Å². The van der Waals surface area contributed by atoms with Gasteiger partial charge < -0.3 is 24.0 Å². The van der Waals surface area contributed by atoms with Crippen LogP contribution in [0.5, 0.6) is 11.5 Å². The van der Waals surface area contributed by atoms with Gasteiger partial charge in [-0.2, -0.15) is 0 Å². The number of amides is 1. The summed E-state index contributed by atoms with van der Waals surface area (Å²) in [5, 5.41) is 0. The highest BCUT2D eigenvalue weighted by Gasteiger charge is 2.29. The van der Waals surface area contributed by atoms with Gasteiger partial charge in [0, 0.05) is 37.8 Å². The second kappa shape index (κ2) is 13.3. The Morgan fingerprint density at radius 2 is 1.52 bits per heavy atom. The van der Waals surface area contributed by atoms with Gasteiger partial charge in [-0.25, -0.2) is 9.18 Å². The molecule has 0 unspecified atom stereocenters. The van der Waals surface area contributed by atoms with Crippen LogP contribution in [0.15, 0.2) is 91.0 Å². The van der Waals surface area contributed by atoms with E-state index >= 15 is 4.39 Å². The van der Waals surface area contributed by atoms with E-state index in [1.165, 1.54) is 0 Å². The number of fused-ring (bicyclic) bond motifs is 1. The molecule has 1 aliphatic carbocycles. The molecule has 1 saturated heterocycles. The molecule has 0 radical (unpaired) electrons. The van der Waals surface area contributed by atoms with Crippen LogP contribution in [0.1, 0.15) is 55.0 Å². The first-order valence-corrected chi connectivity index (χ1v) is 15.9. The molecule has 46 heavy (non-hydrogen) atoms. The van der Waals surface area contributed by atoms with Gasteiger partial charge in [0.05, 0.1) is 12.8 Å². The summed E-state index contributed by atoms with van der Waals surface area (Å²) >= 11 is 0. The summed E-state index contributed by atoms with van der Waals surface area (Å²) in [4.78, 5) is 16.2. The summed E-state index contributed by atoms with van der Waals surface area (Å²) in [6.07, 6.45) is 1.30. The van der Waals surface area contributed by atoms with E-state index in [2.05, 4.69) is 36.4 Å². The lowest BCUT2D eigenvalue weighted by Crippen LogP contribution is -2.50. The molecular formula is C39H41FN2O4. The van der Waals surface area contributed by atoms with Crippen molar-refractivity contribution >= 4 is 22.9 Å². The lowest BCUT2D eigenvalue weighted by atomic mass is 9.79. The molecule has 0 saturated carbocycles. The van der Waals surface area contributed by atoms with Crippen molar-refractivity contribution in [2.75, 3.05) is 38.2 Å². The highest BCUT2D eigenvalue weighted by molar-refractivity contribution is 6.02. The highest BCUT2D eigenvalue weighted by atomic mass is 19.1. The minimum atomic E-state index is -0.564. The molecule has 1 amide bonds. The Labute approximate surface area is 271 Å². The van der Waals surface area contributed by atoms with Crippen molar-refractivity contribution in [3.05, 3.63) is 125 Å². The van der Waals surface area contributed by atoms with Crippen LogP contribution >= 0.6 is 0 Å². The topological polar surface area (TPSA) is 51.2 Å². The number of carbonyl (C=O) groups is 1. The van der Waals surface area contributed by atoms with Gasteiger partial charge in [0.2, 0.25) is 0 Å². The Morgan fingerprint density at radius 3 is 2.20 bits per heavy atom. The van der Waals surface area contributed by atoms with Gasteiger partial charge in [-0.05, 0) is 85.2 Å². The van der Waals surface area contributed by atoms with Crippen LogP contribution in [0.2, 0.25) is 0 Å². The minimum absolute atomic E-state index is 0.323. The predicted molar refractivity (Wildman–Crippen MR) is 181 cm³/mol. The third-order valence-electron chi connectivity index (χ3n) is 8.47. The first-order chi connectivity index (χ1) is 22.2. The standard InChI is InChI=1S/C39H41FN2O4/c1-39(2,3)46-38(43)42-21-19-41(20-22-42)35-25-36(44-4)33(24-34(35)40)37-31(28-13-9-6-10-14-28)17-15-29-23-30(16-18-32(29)37)45-26-27-11-7-5-8-12-27/h5-14,16,18,23-25H,15,17,19-22,26H2,1-4H3. The average Bonchev–Trinajstić information content (AvgIpc) is 3.07. The summed E-state index contributed by atoms with van der Waals surface area (Å²) in [5.74, 6) is 1.09. The van der Waals surface area contributed by atoms with E-state index < -0.39 is 5.60 Å². The summed E-state index contributed by atoms with van der Waals surface area (Å²) < 4.78 is 33.8. The zero-order valence-electron chi connectivity index (χ0n) is 27.0. The van der Waals surface area contributed by atoms with Crippen LogP contribution in [0.4, 0.5) is 14.9 Å². The monoisotopic (exact) mass is 620 g/mol. The lowest BCUT2D eigenvalue weighted by molar-refractivity contribution is 0.0240. The third-order valence-corrected chi connectivity index (χ3v) is 8.47. The molecule has 0 atom stereocenters. The number of hydrogen-bond donors (Lipinski definition) is 0. The normalized spacial score (nSPS) is 15.0. The predicted octanol–water partition coefficient (Wildman–Crippen LogP) is 8.38. The number of halogens is 1. The van der Waals surface area contributed by atoms with E-state index in [-0.39, 0.29) is 11.9 Å². The molecule has 1 heterocycles. The highest BCUT2D eigenvalue weighted by Crippen LogP contribution is 2.46. The number of hydrogen-bond acceptors (Lipinski definition) is 5. The molecule has 6 rings (SSSR count). The molecule has 1 aliphatic heterocycles. The maximum Gasteiger partial charge on any atom is 0.410 e. The van der Waals surface area contributed by atoms with Crippen molar-refractivity contribution in [2.45, 2.75) is 45.8 Å².